The summed E-state index contributed by atoms with van der Waals surface area (Å²) >= 11 is 0. The molecule has 0 atom stereocenters. The Balaban J connectivity index is 1.63. The minimum atomic E-state index is -0.469. The molecule has 3 aromatic rings. The zero-order chi connectivity index (χ0) is 23.9. The number of aromatic nitrogens is 2. The van der Waals surface area contributed by atoms with Gasteiger partial charge in [0.05, 0.1) is 28.8 Å². The molecule has 10 heteroatoms. The Morgan fingerprint density at radius 1 is 1.09 bits per heavy atom. The Morgan fingerprint density at radius 3 is 2.21 bits per heavy atom. The van der Waals surface area contributed by atoms with Crippen LogP contribution in [0.2, 0.25) is 0 Å². The Hall–Kier alpha value is -4.21. The first-order valence-corrected chi connectivity index (χ1v) is 11.2. The Bertz CT molecular complexity index is 1080. The summed E-state index contributed by atoms with van der Waals surface area (Å²) in [5.74, 6) is -0.120. The third kappa shape index (κ3) is 5.06. The number of anilines is 4. The summed E-state index contributed by atoms with van der Waals surface area (Å²) in [6.07, 6.45) is 2.40. The lowest BCUT2D eigenvalue weighted by atomic mass is 9.97. The van der Waals surface area contributed by atoms with Crippen LogP contribution in [0.4, 0.5) is 28.7 Å². The number of hydrogen-bond donors (Lipinski definition) is 1. The largest absolute Gasteiger partial charge is 0.466 e. The van der Waals surface area contributed by atoms with Crippen LogP contribution in [0, 0.1) is 16.0 Å². The highest BCUT2D eigenvalue weighted by Crippen LogP contribution is 2.36. The first kappa shape index (κ1) is 23.0. The van der Waals surface area contributed by atoms with E-state index in [1.54, 1.807) is 11.9 Å². The van der Waals surface area contributed by atoms with E-state index in [2.05, 4.69) is 15.4 Å². The molecule has 34 heavy (non-hydrogen) atoms. The fourth-order valence-electron chi connectivity index (χ4n) is 3.98. The molecule has 1 aromatic heterocycles. The van der Waals surface area contributed by atoms with Gasteiger partial charge < -0.3 is 9.64 Å². The van der Waals surface area contributed by atoms with Crippen LogP contribution in [0.3, 0.4) is 0 Å². The Morgan fingerprint density at radius 2 is 1.68 bits per heavy atom. The molecule has 176 valence electrons. The van der Waals surface area contributed by atoms with E-state index in [4.69, 9.17) is 4.74 Å². The highest BCUT2D eigenvalue weighted by atomic mass is 16.6. The van der Waals surface area contributed by atoms with Crippen molar-refractivity contribution in [3.05, 3.63) is 77.1 Å². The van der Waals surface area contributed by atoms with E-state index in [0.717, 1.165) is 11.4 Å². The van der Waals surface area contributed by atoms with Gasteiger partial charge in [0.1, 0.15) is 6.33 Å². The number of hydrogen-bond acceptors (Lipinski definition) is 9. The molecule has 1 saturated heterocycles. The van der Waals surface area contributed by atoms with Crippen molar-refractivity contribution in [3.63, 3.8) is 0 Å². The van der Waals surface area contributed by atoms with E-state index in [0.29, 0.717) is 32.5 Å². The number of piperidine rings is 1. The molecule has 1 aliphatic rings. The summed E-state index contributed by atoms with van der Waals surface area (Å²) in [4.78, 5) is 34.0. The number of nitrogens with zero attached hydrogens (tertiary/aromatic N) is 5. The molecule has 4 rings (SSSR count). The third-order valence-electron chi connectivity index (χ3n) is 5.65. The van der Waals surface area contributed by atoms with Crippen LogP contribution < -0.4 is 15.3 Å². The monoisotopic (exact) mass is 462 g/mol. The number of benzene rings is 2. The maximum Gasteiger partial charge on any atom is 0.355 e. The predicted molar refractivity (Wildman–Crippen MR) is 129 cm³/mol. The van der Waals surface area contributed by atoms with Gasteiger partial charge in [-0.3, -0.25) is 25.3 Å². The molecule has 2 heterocycles. The highest BCUT2D eigenvalue weighted by molar-refractivity contribution is 5.76. The molecule has 0 spiro atoms. The molecule has 0 amide bonds. The van der Waals surface area contributed by atoms with Crippen LogP contribution in [-0.2, 0) is 9.53 Å². The van der Waals surface area contributed by atoms with E-state index in [1.807, 2.05) is 65.6 Å². The van der Waals surface area contributed by atoms with Gasteiger partial charge in [0, 0.05) is 13.1 Å². The summed E-state index contributed by atoms with van der Waals surface area (Å²) in [6, 6.07) is 18.9. The number of hydrazine groups is 1. The minimum absolute atomic E-state index is 0.0789. The van der Waals surface area contributed by atoms with E-state index < -0.39 is 4.92 Å². The van der Waals surface area contributed by atoms with Crippen molar-refractivity contribution in [2.45, 2.75) is 19.8 Å². The maximum absolute atomic E-state index is 12.2. The second-order valence-corrected chi connectivity index (χ2v) is 7.78. The van der Waals surface area contributed by atoms with Gasteiger partial charge in [-0.1, -0.05) is 36.4 Å². The third-order valence-corrected chi connectivity index (χ3v) is 5.65. The van der Waals surface area contributed by atoms with Gasteiger partial charge in [-0.2, -0.15) is 0 Å². The highest BCUT2D eigenvalue weighted by Gasteiger charge is 2.33. The zero-order valence-electron chi connectivity index (χ0n) is 18.8. The van der Waals surface area contributed by atoms with Crippen LogP contribution in [0.1, 0.15) is 19.8 Å². The Labute approximate surface area is 197 Å². The number of para-hydroxylation sites is 2. The minimum Gasteiger partial charge on any atom is -0.466 e. The van der Waals surface area contributed by atoms with Crippen LogP contribution in [0.25, 0.3) is 0 Å². The molecule has 0 bridgehead atoms. The fraction of sp³-hybridized carbons (Fsp3) is 0.292. The SMILES string of the molecule is CCOC(=O)C1CCN(c2ncnc(NN(c3ccccc3)c3ccccc3)c2[N+](=O)[O-])CC1. The smallest absolute Gasteiger partial charge is 0.355 e. The van der Waals surface area contributed by atoms with E-state index >= 15 is 0 Å². The molecule has 0 saturated carbocycles. The van der Waals surface area contributed by atoms with Gasteiger partial charge in [0.25, 0.3) is 0 Å². The van der Waals surface area contributed by atoms with Crippen molar-refractivity contribution in [1.29, 1.82) is 0 Å². The van der Waals surface area contributed by atoms with E-state index in [9.17, 15) is 14.9 Å². The van der Waals surface area contributed by atoms with E-state index in [-0.39, 0.29) is 29.2 Å². The normalized spacial score (nSPS) is 13.9. The summed E-state index contributed by atoms with van der Waals surface area (Å²) in [5, 5.41) is 13.9. The molecule has 2 aromatic carbocycles. The lowest BCUT2D eigenvalue weighted by molar-refractivity contribution is -0.383. The van der Waals surface area contributed by atoms with Crippen LogP contribution in [-0.4, -0.2) is 40.6 Å². The number of esters is 1. The van der Waals surface area contributed by atoms with Gasteiger partial charge in [-0.05, 0) is 44.0 Å². The number of nitrogens with one attached hydrogen (secondary N) is 1. The number of rotatable bonds is 8. The summed E-state index contributed by atoms with van der Waals surface area (Å²) < 4.78 is 5.12. The summed E-state index contributed by atoms with van der Waals surface area (Å²) in [6.45, 7) is 3.04. The van der Waals surface area contributed by atoms with E-state index in [1.165, 1.54) is 6.33 Å². The molecule has 10 nitrogen and oxygen atoms in total. The van der Waals surface area contributed by atoms with Gasteiger partial charge in [-0.25, -0.2) is 9.97 Å². The van der Waals surface area contributed by atoms with Crippen molar-refractivity contribution >= 4 is 34.7 Å². The van der Waals surface area contributed by atoms with Gasteiger partial charge in [-0.15, -0.1) is 0 Å². The summed E-state index contributed by atoms with van der Waals surface area (Å²) in [7, 11) is 0. The molecular weight excluding hydrogens is 436 g/mol. The average Bonchev–Trinajstić information content (AvgIpc) is 2.88. The van der Waals surface area contributed by atoms with Crippen molar-refractivity contribution in [2.24, 2.45) is 5.92 Å². The van der Waals surface area contributed by atoms with Crippen LogP contribution >= 0.6 is 0 Å². The molecule has 1 fully saturated rings. The maximum atomic E-state index is 12.2. The van der Waals surface area contributed by atoms with Gasteiger partial charge in [0.15, 0.2) is 0 Å². The molecule has 0 unspecified atom stereocenters. The zero-order valence-corrected chi connectivity index (χ0v) is 18.8. The second kappa shape index (κ2) is 10.6. The van der Waals surface area contributed by atoms with Crippen LogP contribution in [0.5, 0.6) is 0 Å². The molecule has 1 N–H and O–H groups in total. The standard InChI is InChI=1S/C24H26N6O4/c1-2-34-24(31)18-13-15-28(16-14-18)23-21(30(32)33)22(25-17-26-23)27-29(19-9-5-3-6-10-19)20-11-7-4-8-12-20/h3-12,17-18H,2,13-16H2,1H3,(H,25,26,27). The second-order valence-electron chi connectivity index (χ2n) is 7.78. The predicted octanol–water partition coefficient (Wildman–Crippen LogP) is 4.33. The number of carbonyl (C=O) groups is 1. The van der Waals surface area contributed by atoms with Crippen molar-refractivity contribution in [3.8, 4) is 0 Å². The number of ether oxygens (including phenoxy) is 1. The summed E-state index contributed by atoms with van der Waals surface area (Å²) in [5.41, 5.74) is 4.49. The first-order valence-electron chi connectivity index (χ1n) is 11.2. The molecule has 1 aliphatic heterocycles. The Kier molecular flexibility index (Phi) is 7.16. The first-order chi connectivity index (χ1) is 16.6. The molecule has 0 radical (unpaired) electrons. The lowest BCUT2D eigenvalue weighted by Gasteiger charge is -2.32. The van der Waals surface area contributed by atoms with Crippen LogP contribution in [0.15, 0.2) is 67.0 Å². The van der Waals surface area contributed by atoms with Gasteiger partial charge >= 0.3 is 11.7 Å². The number of carbonyl (C=O) groups excluding carboxylic acids is 1. The topological polar surface area (TPSA) is 114 Å². The van der Waals surface area contributed by atoms with Crippen molar-refractivity contribution < 1.29 is 14.5 Å². The molecular formula is C24H26N6O4. The number of nitro groups is 1. The quantitative estimate of drug-likeness (QED) is 0.297. The lowest BCUT2D eigenvalue weighted by Crippen LogP contribution is -2.38. The average molecular weight is 463 g/mol. The van der Waals surface area contributed by atoms with Crippen molar-refractivity contribution in [1.82, 2.24) is 9.97 Å². The van der Waals surface area contributed by atoms with Gasteiger partial charge in [0.2, 0.25) is 11.6 Å². The molecule has 0 aliphatic carbocycles. The van der Waals surface area contributed by atoms with Crippen molar-refractivity contribution in [2.75, 3.05) is 35.0 Å². The fourth-order valence-corrected chi connectivity index (χ4v) is 3.98.